The van der Waals surface area contributed by atoms with E-state index in [0.29, 0.717) is 18.0 Å². The van der Waals surface area contributed by atoms with Gasteiger partial charge in [0, 0.05) is 37.1 Å². The number of hydrogen-bond donors (Lipinski definition) is 1. The Hall–Kier alpha value is -2.27. The highest BCUT2D eigenvalue weighted by Gasteiger charge is 2.15. The van der Waals surface area contributed by atoms with Crippen LogP contribution in [0, 0.1) is 0 Å². The molecule has 3 rings (SSSR count). The summed E-state index contributed by atoms with van der Waals surface area (Å²) in [5.74, 6) is 0.125. The molecule has 0 fully saturated rings. The van der Waals surface area contributed by atoms with Crippen LogP contribution in [0.5, 0.6) is 0 Å². The predicted octanol–water partition coefficient (Wildman–Crippen LogP) is 4.02. The maximum atomic E-state index is 12.4. The summed E-state index contributed by atoms with van der Waals surface area (Å²) >= 11 is 6.18. The smallest absolute Gasteiger partial charge is 0.222 e. The minimum Gasteiger partial charge on any atom is -0.361 e. The molecule has 0 spiro atoms. The molecule has 1 aromatic carbocycles. The molecule has 1 N–H and O–H groups in total. The Morgan fingerprint density at radius 2 is 2.16 bits per heavy atom. The van der Waals surface area contributed by atoms with Crippen LogP contribution in [0.3, 0.4) is 0 Å². The van der Waals surface area contributed by atoms with Gasteiger partial charge in [0.2, 0.25) is 5.91 Å². The molecule has 2 heterocycles. The van der Waals surface area contributed by atoms with Crippen molar-refractivity contribution in [1.29, 1.82) is 0 Å². The Kier molecular flexibility index (Phi) is 5.43. The molecular formula is C19H23ClN4O. The molecule has 2 aromatic heterocycles. The number of amides is 1. The van der Waals surface area contributed by atoms with Crippen molar-refractivity contribution in [3.05, 3.63) is 52.9 Å². The Morgan fingerprint density at radius 1 is 1.36 bits per heavy atom. The number of halogens is 1. The van der Waals surface area contributed by atoms with Gasteiger partial charge in [-0.1, -0.05) is 29.8 Å². The second-order valence-corrected chi connectivity index (χ2v) is 6.63. The van der Waals surface area contributed by atoms with E-state index in [2.05, 4.69) is 22.2 Å². The van der Waals surface area contributed by atoms with Gasteiger partial charge >= 0.3 is 0 Å². The topological polar surface area (TPSA) is 53.9 Å². The molecule has 0 aliphatic carbocycles. The third kappa shape index (κ3) is 3.87. The molecule has 0 saturated carbocycles. The Morgan fingerprint density at radius 3 is 2.96 bits per heavy atom. The summed E-state index contributed by atoms with van der Waals surface area (Å²) in [6, 6.07) is 8.24. The highest BCUT2D eigenvalue weighted by Crippen LogP contribution is 2.20. The summed E-state index contributed by atoms with van der Waals surface area (Å²) in [6.45, 7) is 3.24. The Labute approximate surface area is 152 Å². The van der Waals surface area contributed by atoms with Gasteiger partial charge < -0.3 is 9.88 Å². The summed E-state index contributed by atoms with van der Waals surface area (Å²) < 4.78 is 1.83. The van der Waals surface area contributed by atoms with Crippen LogP contribution in [-0.2, 0) is 24.3 Å². The first-order valence-corrected chi connectivity index (χ1v) is 8.97. The van der Waals surface area contributed by atoms with Gasteiger partial charge in [-0.3, -0.25) is 9.48 Å². The zero-order valence-electron chi connectivity index (χ0n) is 14.6. The average molecular weight is 359 g/mol. The first kappa shape index (κ1) is 17.5. The lowest BCUT2D eigenvalue weighted by molar-refractivity contribution is -0.130. The van der Waals surface area contributed by atoms with Crippen molar-refractivity contribution < 1.29 is 4.79 Å². The summed E-state index contributed by atoms with van der Waals surface area (Å²) in [4.78, 5) is 17.4. The van der Waals surface area contributed by atoms with E-state index < -0.39 is 0 Å². The number of fused-ring (bicyclic) bond motifs is 1. The zero-order chi connectivity index (χ0) is 17.8. The normalized spacial score (nSPS) is 11.2. The van der Waals surface area contributed by atoms with Crippen LogP contribution >= 0.6 is 11.6 Å². The molecule has 6 heteroatoms. The molecule has 0 aliphatic heterocycles. The number of aromatic amines is 1. The lowest BCUT2D eigenvalue weighted by atomic mass is 10.1. The fourth-order valence-corrected chi connectivity index (χ4v) is 3.29. The standard InChI is InChI=1S/C19H23ClN4O/c1-3-24-18(16(20)12-22-24)13-23(2)19(25)10-6-7-14-11-21-17-9-5-4-8-15(14)17/h4-5,8-9,11-12,21H,3,6-7,10,13H2,1-2H3. The molecule has 0 atom stereocenters. The van der Waals surface area contributed by atoms with Gasteiger partial charge in [0.1, 0.15) is 0 Å². The molecule has 0 aliphatic rings. The maximum Gasteiger partial charge on any atom is 0.222 e. The number of aryl methyl sites for hydroxylation is 2. The number of nitrogens with one attached hydrogen (secondary N) is 1. The third-order valence-electron chi connectivity index (χ3n) is 4.52. The number of aromatic nitrogens is 3. The number of hydrogen-bond acceptors (Lipinski definition) is 2. The molecular weight excluding hydrogens is 336 g/mol. The highest BCUT2D eigenvalue weighted by molar-refractivity contribution is 6.31. The maximum absolute atomic E-state index is 12.4. The van der Waals surface area contributed by atoms with Crippen molar-refractivity contribution in [2.75, 3.05) is 7.05 Å². The average Bonchev–Trinajstić information content (AvgIpc) is 3.19. The Bertz CT molecular complexity index is 867. The molecule has 3 aromatic rings. The molecule has 0 saturated heterocycles. The third-order valence-corrected chi connectivity index (χ3v) is 4.84. The van der Waals surface area contributed by atoms with E-state index in [4.69, 9.17) is 11.6 Å². The number of carbonyl (C=O) groups excluding carboxylic acids is 1. The second kappa shape index (κ2) is 7.74. The number of carbonyl (C=O) groups is 1. The minimum atomic E-state index is 0.125. The summed E-state index contributed by atoms with van der Waals surface area (Å²) in [5, 5.41) is 6.06. The highest BCUT2D eigenvalue weighted by atomic mass is 35.5. The van der Waals surface area contributed by atoms with E-state index in [0.717, 1.165) is 30.6 Å². The lowest BCUT2D eigenvalue weighted by Crippen LogP contribution is -2.27. The van der Waals surface area contributed by atoms with Crippen molar-refractivity contribution in [2.24, 2.45) is 0 Å². The monoisotopic (exact) mass is 358 g/mol. The van der Waals surface area contributed by atoms with Gasteiger partial charge in [0.15, 0.2) is 0 Å². The first-order valence-electron chi connectivity index (χ1n) is 8.59. The van der Waals surface area contributed by atoms with E-state index in [1.54, 1.807) is 11.1 Å². The number of rotatable bonds is 7. The lowest BCUT2D eigenvalue weighted by Gasteiger charge is -2.18. The molecule has 0 bridgehead atoms. The fourth-order valence-electron chi connectivity index (χ4n) is 3.09. The van der Waals surface area contributed by atoms with E-state index >= 15 is 0 Å². The van der Waals surface area contributed by atoms with Crippen LogP contribution in [0.1, 0.15) is 31.0 Å². The van der Waals surface area contributed by atoms with Crippen LogP contribution < -0.4 is 0 Å². The fraction of sp³-hybridized carbons (Fsp3) is 0.368. The van der Waals surface area contributed by atoms with Crippen LogP contribution in [0.4, 0.5) is 0 Å². The van der Waals surface area contributed by atoms with Gasteiger partial charge in [-0.25, -0.2) is 0 Å². The summed E-state index contributed by atoms with van der Waals surface area (Å²) in [6.07, 6.45) is 5.91. The SMILES string of the molecule is CCn1ncc(Cl)c1CN(C)C(=O)CCCc1c[nH]c2ccccc12. The molecule has 0 unspecified atom stereocenters. The second-order valence-electron chi connectivity index (χ2n) is 6.22. The van der Waals surface area contributed by atoms with Crippen molar-refractivity contribution >= 4 is 28.4 Å². The van der Waals surface area contributed by atoms with Crippen molar-refractivity contribution in [3.63, 3.8) is 0 Å². The minimum absolute atomic E-state index is 0.125. The van der Waals surface area contributed by atoms with Crippen molar-refractivity contribution in [2.45, 2.75) is 39.3 Å². The van der Waals surface area contributed by atoms with Crippen LogP contribution in [0.15, 0.2) is 36.7 Å². The van der Waals surface area contributed by atoms with Gasteiger partial charge in [-0.2, -0.15) is 5.10 Å². The first-order chi connectivity index (χ1) is 12.1. The van der Waals surface area contributed by atoms with Gasteiger partial charge in [-0.15, -0.1) is 0 Å². The van der Waals surface area contributed by atoms with Gasteiger partial charge in [-0.05, 0) is 31.4 Å². The van der Waals surface area contributed by atoms with Gasteiger partial charge in [0.25, 0.3) is 0 Å². The number of H-pyrrole nitrogens is 1. The summed E-state index contributed by atoms with van der Waals surface area (Å²) in [5.41, 5.74) is 3.29. The van der Waals surface area contributed by atoms with Crippen LogP contribution in [0.25, 0.3) is 10.9 Å². The van der Waals surface area contributed by atoms with E-state index in [1.165, 1.54) is 10.9 Å². The van der Waals surface area contributed by atoms with Crippen molar-refractivity contribution in [3.8, 4) is 0 Å². The predicted molar refractivity (Wildman–Crippen MR) is 101 cm³/mol. The van der Waals surface area contributed by atoms with Gasteiger partial charge in [0.05, 0.1) is 23.5 Å². The Balaban J connectivity index is 1.54. The largest absolute Gasteiger partial charge is 0.361 e. The van der Waals surface area contributed by atoms with E-state index in [1.807, 2.05) is 37.0 Å². The molecule has 132 valence electrons. The number of para-hydroxylation sites is 1. The van der Waals surface area contributed by atoms with E-state index in [-0.39, 0.29) is 5.91 Å². The quantitative estimate of drug-likeness (QED) is 0.693. The van der Waals surface area contributed by atoms with Crippen LogP contribution in [-0.4, -0.2) is 32.6 Å². The number of nitrogens with zero attached hydrogens (tertiary/aromatic N) is 3. The van der Waals surface area contributed by atoms with E-state index in [9.17, 15) is 4.79 Å². The molecule has 1 amide bonds. The molecule has 25 heavy (non-hydrogen) atoms. The van der Waals surface area contributed by atoms with Crippen molar-refractivity contribution in [1.82, 2.24) is 19.7 Å². The number of benzene rings is 1. The summed E-state index contributed by atoms with van der Waals surface area (Å²) in [7, 11) is 1.82. The molecule has 0 radical (unpaired) electrons. The zero-order valence-corrected chi connectivity index (χ0v) is 15.4. The van der Waals surface area contributed by atoms with Crippen LogP contribution in [0.2, 0.25) is 5.02 Å². The molecule has 5 nitrogen and oxygen atoms in total.